The fraction of sp³-hybridized carbons (Fsp3) is 0.118. The predicted octanol–water partition coefficient (Wildman–Crippen LogP) is 11.2. The molecule has 4 heteroatoms. The Kier molecular flexibility index (Phi) is 7.13. The molecule has 0 aliphatic rings. The zero-order valence-electron chi connectivity index (χ0n) is 21.6. The second-order valence-corrected chi connectivity index (χ2v) is 10.5. The Morgan fingerprint density at radius 1 is 0.553 bits per heavy atom. The van der Waals surface area contributed by atoms with E-state index in [1.807, 2.05) is 26.0 Å². The minimum atomic E-state index is -0.437. The van der Waals surface area contributed by atoms with Crippen LogP contribution in [0.25, 0.3) is 44.5 Å². The highest BCUT2D eigenvalue weighted by atomic mass is 35.5. The fourth-order valence-electron chi connectivity index (χ4n) is 5.36. The lowest BCUT2D eigenvalue weighted by atomic mass is 9.77. The molecule has 0 aliphatic carbocycles. The monoisotopic (exact) mass is 542 g/mol. The summed E-state index contributed by atoms with van der Waals surface area (Å²) in [6.45, 7) is 8.22. The lowest BCUT2D eigenvalue weighted by Gasteiger charge is -2.26. The minimum Gasteiger partial charge on any atom is -0.207 e. The van der Waals surface area contributed by atoms with E-state index in [4.69, 9.17) is 23.2 Å². The van der Waals surface area contributed by atoms with E-state index in [2.05, 4.69) is 50.2 Å². The molecule has 0 amide bonds. The Morgan fingerprint density at radius 2 is 1.21 bits per heavy atom. The van der Waals surface area contributed by atoms with E-state index in [0.29, 0.717) is 21.7 Å². The quantitative estimate of drug-likeness (QED) is 0.212. The van der Waals surface area contributed by atoms with Crippen LogP contribution in [0.2, 0.25) is 10.0 Å². The van der Waals surface area contributed by atoms with Gasteiger partial charge in [0.2, 0.25) is 0 Å². The van der Waals surface area contributed by atoms with E-state index in [1.54, 1.807) is 18.2 Å². The number of hydrogen-bond donors (Lipinski definition) is 0. The molecule has 0 aromatic heterocycles. The van der Waals surface area contributed by atoms with Crippen LogP contribution in [0.1, 0.15) is 22.3 Å². The summed E-state index contributed by atoms with van der Waals surface area (Å²) in [5, 5.41) is 0.577. The summed E-state index contributed by atoms with van der Waals surface area (Å²) in [5.41, 5.74) is 10.7. The minimum absolute atomic E-state index is 0.262. The van der Waals surface area contributed by atoms with Crippen LogP contribution in [-0.2, 0) is 0 Å². The molecular weight excluding hydrogens is 517 g/mol. The molecule has 0 N–H and O–H groups in total. The van der Waals surface area contributed by atoms with Gasteiger partial charge >= 0.3 is 0 Å². The third-order valence-corrected chi connectivity index (χ3v) is 7.70. The van der Waals surface area contributed by atoms with Crippen LogP contribution in [-0.4, -0.2) is 0 Å². The van der Waals surface area contributed by atoms with Gasteiger partial charge in [0.1, 0.15) is 11.6 Å². The van der Waals surface area contributed by atoms with Crippen LogP contribution in [0.5, 0.6) is 0 Å². The van der Waals surface area contributed by atoms with Crippen molar-refractivity contribution < 1.29 is 8.78 Å². The van der Waals surface area contributed by atoms with Crippen molar-refractivity contribution in [2.45, 2.75) is 27.7 Å². The first-order valence-corrected chi connectivity index (χ1v) is 13.1. The zero-order chi connectivity index (χ0) is 27.1. The maximum Gasteiger partial charge on any atom is 0.132 e. The molecule has 0 atom stereocenters. The molecule has 0 radical (unpaired) electrons. The molecule has 0 fully saturated rings. The van der Waals surface area contributed by atoms with E-state index in [-0.39, 0.29) is 5.02 Å². The molecule has 0 saturated carbocycles. The molecule has 0 spiro atoms. The Bertz CT molecular complexity index is 1680. The van der Waals surface area contributed by atoms with Gasteiger partial charge in [0.05, 0.1) is 5.02 Å². The SMILES string of the molecule is Cc1ccc(-c2c(C)c(-c3ccccc3C)c(C)c(-c3ccc(F)cc3Cl)c2-c2ccc(Cl)cc2F)cc1. The van der Waals surface area contributed by atoms with Gasteiger partial charge in [0.15, 0.2) is 0 Å². The molecule has 0 nitrogen and oxygen atoms in total. The standard InChI is InChI=1S/C34H26Cl2F2/c1-19-9-11-23(12-10-19)32-21(3)31(26-8-6-5-7-20(26)2)22(4)33(27-16-14-25(37)18-29(27)36)34(32)28-15-13-24(35)17-30(28)38/h5-18H,1-4H3. The van der Waals surface area contributed by atoms with Gasteiger partial charge in [0, 0.05) is 21.7 Å². The summed E-state index contributed by atoms with van der Waals surface area (Å²) in [6, 6.07) is 25.5. The summed E-state index contributed by atoms with van der Waals surface area (Å²) in [5.74, 6) is -0.867. The Labute approximate surface area is 232 Å². The van der Waals surface area contributed by atoms with Crippen LogP contribution in [0.15, 0.2) is 84.9 Å². The van der Waals surface area contributed by atoms with Gasteiger partial charge < -0.3 is 0 Å². The Hall–Kier alpha value is -3.46. The summed E-state index contributed by atoms with van der Waals surface area (Å²) >= 11 is 12.9. The van der Waals surface area contributed by atoms with Gasteiger partial charge in [0.25, 0.3) is 0 Å². The van der Waals surface area contributed by atoms with Crippen molar-refractivity contribution in [1.29, 1.82) is 0 Å². The first kappa shape index (κ1) is 26.2. The van der Waals surface area contributed by atoms with E-state index >= 15 is 4.39 Å². The average Bonchev–Trinajstić information content (AvgIpc) is 2.87. The van der Waals surface area contributed by atoms with Crippen LogP contribution in [0, 0.1) is 39.3 Å². The van der Waals surface area contributed by atoms with Crippen molar-refractivity contribution in [3.05, 3.63) is 129 Å². The molecule has 0 saturated heterocycles. The topological polar surface area (TPSA) is 0 Å². The maximum absolute atomic E-state index is 15.7. The Balaban J connectivity index is 2.04. The van der Waals surface area contributed by atoms with Crippen LogP contribution in [0.3, 0.4) is 0 Å². The van der Waals surface area contributed by atoms with Crippen molar-refractivity contribution in [2.75, 3.05) is 0 Å². The highest BCUT2D eigenvalue weighted by molar-refractivity contribution is 6.34. The number of aryl methyl sites for hydroxylation is 2. The number of benzene rings is 5. The fourth-order valence-corrected chi connectivity index (χ4v) is 5.78. The zero-order valence-corrected chi connectivity index (χ0v) is 23.1. The van der Waals surface area contributed by atoms with E-state index in [0.717, 1.165) is 50.1 Å². The molecule has 0 heterocycles. The van der Waals surface area contributed by atoms with Crippen molar-refractivity contribution in [1.82, 2.24) is 0 Å². The van der Waals surface area contributed by atoms with Crippen molar-refractivity contribution in [3.8, 4) is 44.5 Å². The van der Waals surface area contributed by atoms with Crippen LogP contribution in [0.4, 0.5) is 8.78 Å². The summed E-state index contributed by atoms with van der Waals surface area (Å²) in [4.78, 5) is 0. The van der Waals surface area contributed by atoms with Gasteiger partial charge in [-0.3, -0.25) is 0 Å². The molecule has 5 aromatic rings. The first-order chi connectivity index (χ1) is 18.2. The normalized spacial score (nSPS) is 11.2. The lowest BCUT2D eigenvalue weighted by molar-refractivity contribution is 0.628. The largest absolute Gasteiger partial charge is 0.207 e. The lowest BCUT2D eigenvalue weighted by Crippen LogP contribution is -2.03. The number of rotatable bonds is 4. The van der Waals surface area contributed by atoms with E-state index in [9.17, 15) is 4.39 Å². The molecular formula is C34H26Cl2F2. The second kappa shape index (κ2) is 10.4. The molecule has 0 bridgehead atoms. The van der Waals surface area contributed by atoms with Crippen molar-refractivity contribution in [3.63, 3.8) is 0 Å². The van der Waals surface area contributed by atoms with E-state index < -0.39 is 11.6 Å². The van der Waals surface area contributed by atoms with Gasteiger partial charge in [-0.05, 0) is 109 Å². The average molecular weight is 543 g/mol. The van der Waals surface area contributed by atoms with Crippen molar-refractivity contribution in [2.24, 2.45) is 0 Å². The number of halogens is 4. The molecule has 38 heavy (non-hydrogen) atoms. The predicted molar refractivity (Wildman–Crippen MR) is 157 cm³/mol. The highest BCUT2D eigenvalue weighted by Gasteiger charge is 2.27. The summed E-state index contributed by atoms with van der Waals surface area (Å²) < 4.78 is 29.9. The molecule has 190 valence electrons. The van der Waals surface area contributed by atoms with Gasteiger partial charge in [-0.2, -0.15) is 0 Å². The highest BCUT2D eigenvalue weighted by Crippen LogP contribution is 2.50. The second-order valence-electron chi connectivity index (χ2n) is 9.68. The van der Waals surface area contributed by atoms with Crippen LogP contribution < -0.4 is 0 Å². The third kappa shape index (κ3) is 4.64. The van der Waals surface area contributed by atoms with Crippen molar-refractivity contribution >= 4 is 23.2 Å². The molecule has 0 unspecified atom stereocenters. The molecule has 5 rings (SSSR count). The van der Waals surface area contributed by atoms with Gasteiger partial charge in [-0.1, -0.05) is 77.3 Å². The van der Waals surface area contributed by atoms with Gasteiger partial charge in [-0.25, -0.2) is 8.78 Å². The Morgan fingerprint density at radius 3 is 1.87 bits per heavy atom. The van der Waals surface area contributed by atoms with E-state index in [1.165, 1.54) is 18.2 Å². The van der Waals surface area contributed by atoms with Gasteiger partial charge in [-0.15, -0.1) is 0 Å². The maximum atomic E-state index is 15.7. The third-order valence-electron chi connectivity index (χ3n) is 7.16. The summed E-state index contributed by atoms with van der Waals surface area (Å²) in [7, 11) is 0. The molecule has 5 aromatic carbocycles. The number of hydrogen-bond acceptors (Lipinski definition) is 0. The molecule has 0 aliphatic heterocycles. The summed E-state index contributed by atoms with van der Waals surface area (Å²) in [6.07, 6.45) is 0. The van der Waals surface area contributed by atoms with Crippen LogP contribution >= 0.6 is 23.2 Å². The smallest absolute Gasteiger partial charge is 0.132 e. The first-order valence-electron chi connectivity index (χ1n) is 12.4.